The number of fused-ring (bicyclic) bond motifs is 1. The Morgan fingerprint density at radius 1 is 1.05 bits per heavy atom. The standard InChI is InChI=1S/C27H32N4O9/c1-2-39-26(38)31-14-12-30(13-15-31)24(35)19(8-9-22(32)33)29-23(34)20-16-21(17-6-3-4-7-18(17)28-20)40-27(25(36)37)10-5-11-27/h3-4,6-7,16,19H,2,5,8-15H2,1H3,(H,29,34)(H,32,33)(H,36,37). The average molecular weight is 557 g/mol. The van der Waals surface area contributed by atoms with Crippen LogP contribution in [0.4, 0.5) is 4.79 Å². The molecule has 1 saturated carbocycles. The van der Waals surface area contributed by atoms with Crippen LogP contribution in [0.15, 0.2) is 30.3 Å². The normalized spacial score (nSPS) is 16.9. The van der Waals surface area contributed by atoms with Crippen molar-refractivity contribution in [3.8, 4) is 5.75 Å². The number of pyridine rings is 1. The number of hydrogen-bond acceptors (Lipinski definition) is 8. The van der Waals surface area contributed by atoms with Gasteiger partial charge in [-0.05, 0) is 44.7 Å². The number of amides is 3. The van der Waals surface area contributed by atoms with Gasteiger partial charge in [-0.15, -0.1) is 0 Å². The first-order chi connectivity index (χ1) is 19.1. The molecule has 4 rings (SSSR count). The number of nitrogens with zero attached hydrogens (tertiary/aromatic N) is 3. The van der Waals surface area contributed by atoms with Crippen LogP contribution in [-0.2, 0) is 19.1 Å². The first-order valence-corrected chi connectivity index (χ1v) is 13.2. The number of para-hydroxylation sites is 1. The number of nitrogens with one attached hydrogen (secondary N) is 1. The van der Waals surface area contributed by atoms with Crippen molar-refractivity contribution in [2.75, 3.05) is 32.8 Å². The summed E-state index contributed by atoms with van der Waals surface area (Å²) >= 11 is 0. The number of hydrogen-bond donors (Lipinski definition) is 3. The van der Waals surface area contributed by atoms with Crippen LogP contribution in [0.2, 0.25) is 0 Å². The number of aromatic nitrogens is 1. The van der Waals surface area contributed by atoms with Crippen molar-refractivity contribution in [2.24, 2.45) is 0 Å². The Morgan fingerprint density at radius 2 is 1.73 bits per heavy atom. The van der Waals surface area contributed by atoms with Gasteiger partial charge in [0.15, 0.2) is 0 Å². The molecule has 1 atom stereocenters. The van der Waals surface area contributed by atoms with E-state index in [1.54, 1.807) is 31.2 Å². The molecule has 40 heavy (non-hydrogen) atoms. The second-order valence-corrected chi connectivity index (χ2v) is 9.75. The summed E-state index contributed by atoms with van der Waals surface area (Å²) in [5.41, 5.74) is -1.09. The highest BCUT2D eigenvalue weighted by molar-refractivity contribution is 5.99. The molecule has 3 amide bonds. The Kier molecular flexibility index (Phi) is 8.70. The summed E-state index contributed by atoms with van der Waals surface area (Å²) in [7, 11) is 0. The van der Waals surface area contributed by atoms with E-state index in [-0.39, 0.29) is 57.1 Å². The Balaban J connectivity index is 1.54. The minimum Gasteiger partial charge on any atom is -0.481 e. The molecule has 1 aliphatic heterocycles. The van der Waals surface area contributed by atoms with E-state index in [1.807, 2.05) is 0 Å². The maximum atomic E-state index is 13.3. The van der Waals surface area contributed by atoms with E-state index in [4.69, 9.17) is 9.47 Å². The predicted octanol–water partition coefficient (Wildman–Crippen LogP) is 1.88. The molecule has 1 saturated heterocycles. The molecule has 0 radical (unpaired) electrons. The van der Waals surface area contributed by atoms with Crippen LogP contribution >= 0.6 is 0 Å². The van der Waals surface area contributed by atoms with E-state index >= 15 is 0 Å². The van der Waals surface area contributed by atoms with Gasteiger partial charge in [0.2, 0.25) is 11.5 Å². The SMILES string of the molecule is CCOC(=O)N1CCN(C(=O)C(CCC(=O)O)NC(=O)c2cc(OC3(C(=O)O)CCC3)c3ccccc3n2)CC1. The molecule has 13 nitrogen and oxygen atoms in total. The van der Waals surface area contributed by atoms with Crippen molar-refractivity contribution in [3.63, 3.8) is 0 Å². The molecule has 1 unspecified atom stereocenters. The molecular weight excluding hydrogens is 524 g/mol. The quantitative estimate of drug-likeness (QED) is 0.392. The third kappa shape index (κ3) is 6.24. The topological polar surface area (TPSA) is 176 Å². The van der Waals surface area contributed by atoms with E-state index in [2.05, 4.69) is 10.3 Å². The zero-order valence-electron chi connectivity index (χ0n) is 22.1. The van der Waals surface area contributed by atoms with Gasteiger partial charge in [0, 0.05) is 44.1 Å². The number of carboxylic acid groups (broad SMARTS) is 2. The van der Waals surface area contributed by atoms with Crippen molar-refractivity contribution in [2.45, 2.75) is 50.7 Å². The summed E-state index contributed by atoms with van der Waals surface area (Å²) in [5.74, 6) is -3.25. The van der Waals surface area contributed by atoms with Gasteiger partial charge in [0.25, 0.3) is 5.91 Å². The molecule has 2 heterocycles. The highest BCUT2D eigenvalue weighted by atomic mass is 16.6. The van der Waals surface area contributed by atoms with Crippen LogP contribution in [0.1, 0.15) is 49.5 Å². The maximum Gasteiger partial charge on any atom is 0.409 e. The van der Waals surface area contributed by atoms with Crippen LogP contribution in [0.3, 0.4) is 0 Å². The smallest absolute Gasteiger partial charge is 0.409 e. The Hall–Kier alpha value is -4.42. The van der Waals surface area contributed by atoms with Crippen LogP contribution in [-0.4, -0.2) is 99.3 Å². The fraction of sp³-hybridized carbons (Fsp3) is 0.481. The summed E-state index contributed by atoms with van der Waals surface area (Å²) in [5, 5.41) is 22.1. The van der Waals surface area contributed by atoms with Crippen LogP contribution in [0.25, 0.3) is 10.9 Å². The molecule has 2 aromatic rings. The van der Waals surface area contributed by atoms with Crippen molar-refractivity contribution in [1.82, 2.24) is 20.1 Å². The molecule has 214 valence electrons. The minimum atomic E-state index is -1.39. The third-order valence-electron chi connectivity index (χ3n) is 7.13. The highest BCUT2D eigenvalue weighted by Crippen LogP contribution is 2.39. The third-order valence-corrected chi connectivity index (χ3v) is 7.13. The number of aliphatic carboxylic acids is 2. The Labute approximate surface area is 230 Å². The first-order valence-electron chi connectivity index (χ1n) is 13.2. The highest BCUT2D eigenvalue weighted by Gasteiger charge is 2.47. The predicted molar refractivity (Wildman–Crippen MR) is 140 cm³/mol. The second-order valence-electron chi connectivity index (χ2n) is 9.75. The molecule has 1 aromatic carbocycles. The van der Waals surface area contributed by atoms with E-state index in [0.717, 1.165) is 0 Å². The summed E-state index contributed by atoms with van der Waals surface area (Å²) in [4.78, 5) is 69.2. The zero-order valence-corrected chi connectivity index (χ0v) is 22.1. The fourth-order valence-corrected chi connectivity index (χ4v) is 4.71. The number of benzene rings is 1. The lowest BCUT2D eigenvalue weighted by atomic mass is 9.80. The van der Waals surface area contributed by atoms with Gasteiger partial charge in [0.05, 0.1) is 12.1 Å². The number of rotatable bonds is 10. The van der Waals surface area contributed by atoms with E-state index in [9.17, 15) is 34.2 Å². The molecule has 0 bridgehead atoms. The molecule has 2 fully saturated rings. The summed E-state index contributed by atoms with van der Waals surface area (Å²) in [6.45, 7) is 2.80. The average Bonchev–Trinajstić information content (AvgIpc) is 2.92. The molecule has 1 aromatic heterocycles. The van der Waals surface area contributed by atoms with E-state index in [1.165, 1.54) is 15.9 Å². The lowest BCUT2D eigenvalue weighted by Gasteiger charge is -2.38. The van der Waals surface area contributed by atoms with E-state index in [0.29, 0.717) is 30.2 Å². The van der Waals surface area contributed by atoms with Crippen LogP contribution in [0.5, 0.6) is 5.75 Å². The first kappa shape index (κ1) is 28.6. The summed E-state index contributed by atoms with van der Waals surface area (Å²) in [6.07, 6.45) is 0.365. The lowest BCUT2D eigenvalue weighted by Crippen LogP contribution is -2.56. The molecule has 0 spiro atoms. The molecule has 2 aliphatic rings. The van der Waals surface area contributed by atoms with Gasteiger partial charge >= 0.3 is 18.0 Å². The van der Waals surface area contributed by atoms with Crippen molar-refractivity contribution in [3.05, 3.63) is 36.0 Å². The fourth-order valence-electron chi connectivity index (χ4n) is 4.71. The molecule has 1 aliphatic carbocycles. The van der Waals surface area contributed by atoms with E-state index < -0.39 is 41.5 Å². The summed E-state index contributed by atoms with van der Waals surface area (Å²) < 4.78 is 11.0. The molecule has 3 N–H and O–H groups in total. The van der Waals surface area contributed by atoms with Gasteiger partial charge < -0.3 is 34.8 Å². The van der Waals surface area contributed by atoms with Gasteiger partial charge in [-0.2, -0.15) is 0 Å². The second kappa shape index (κ2) is 12.2. The van der Waals surface area contributed by atoms with Gasteiger partial charge in [-0.3, -0.25) is 14.4 Å². The zero-order chi connectivity index (χ0) is 28.9. The molecular formula is C27H32N4O9. The lowest BCUT2D eigenvalue weighted by molar-refractivity contribution is -0.163. The minimum absolute atomic E-state index is 0.103. The number of piperazine rings is 1. The van der Waals surface area contributed by atoms with Gasteiger partial charge in [-0.25, -0.2) is 14.6 Å². The molecule has 13 heteroatoms. The number of carboxylic acids is 2. The van der Waals surface area contributed by atoms with Crippen LogP contribution < -0.4 is 10.1 Å². The largest absolute Gasteiger partial charge is 0.481 e. The maximum absolute atomic E-state index is 13.3. The number of carbonyl (C=O) groups is 5. The Bertz CT molecular complexity index is 1300. The van der Waals surface area contributed by atoms with Crippen molar-refractivity contribution < 1.29 is 43.7 Å². The number of carbonyl (C=O) groups excluding carboxylic acids is 3. The van der Waals surface area contributed by atoms with Crippen LogP contribution in [0, 0.1) is 0 Å². The van der Waals surface area contributed by atoms with Gasteiger partial charge in [0.1, 0.15) is 17.5 Å². The van der Waals surface area contributed by atoms with Crippen molar-refractivity contribution in [1.29, 1.82) is 0 Å². The summed E-state index contributed by atoms with van der Waals surface area (Å²) in [6, 6.07) is 7.01. The number of ether oxygens (including phenoxy) is 2. The monoisotopic (exact) mass is 556 g/mol. The van der Waals surface area contributed by atoms with Gasteiger partial charge in [-0.1, -0.05) is 12.1 Å². The Morgan fingerprint density at radius 3 is 2.33 bits per heavy atom. The van der Waals surface area contributed by atoms with Crippen molar-refractivity contribution >= 4 is 40.7 Å².